The predicted octanol–water partition coefficient (Wildman–Crippen LogP) is 3.84. The number of carbonyl (C=O) groups excluding carboxylic acids is 1. The highest BCUT2D eigenvalue weighted by Crippen LogP contribution is 2.33. The predicted molar refractivity (Wildman–Crippen MR) is 127 cm³/mol. The number of likely N-dealkylation sites (tertiary alicyclic amines) is 1. The summed E-state index contributed by atoms with van der Waals surface area (Å²) >= 11 is 0. The van der Waals surface area contributed by atoms with Crippen molar-refractivity contribution in [3.8, 4) is 0 Å². The lowest BCUT2D eigenvalue weighted by Crippen LogP contribution is -2.38. The minimum atomic E-state index is -0.0876. The van der Waals surface area contributed by atoms with Gasteiger partial charge in [-0.05, 0) is 57.2 Å². The molecule has 2 aliphatic rings. The molecule has 4 aromatic rings. The monoisotopic (exact) mass is 459 g/mol. The fourth-order valence-electron chi connectivity index (χ4n) is 5.19. The summed E-state index contributed by atoms with van der Waals surface area (Å²) in [7, 11) is 0. The van der Waals surface area contributed by atoms with E-state index in [2.05, 4.69) is 23.1 Å². The van der Waals surface area contributed by atoms with Crippen molar-refractivity contribution in [3.05, 3.63) is 65.6 Å². The van der Waals surface area contributed by atoms with Crippen LogP contribution in [-0.4, -0.2) is 54.8 Å². The van der Waals surface area contributed by atoms with Crippen LogP contribution in [0.5, 0.6) is 0 Å². The summed E-state index contributed by atoms with van der Waals surface area (Å²) in [5, 5.41) is 9.05. The molecule has 0 saturated carbocycles. The Balaban J connectivity index is 1.26. The van der Waals surface area contributed by atoms with Crippen LogP contribution < -0.4 is 4.90 Å². The van der Waals surface area contributed by atoms with Gasteiger partial charge >= 0.3 is 0 Å². The lowest BCUT2D eigenvalue weighted by atomic mass is 9.99. The molecule has 9 nitrogen and oxygen atoms in total. The number of hydrogen-bond donors (Lipinski definition) is 0. The Labute approximate surface area is 198 Å². The number of piperidine rings is 1. The first-order chi connectivity index (χ1) is 16.7. The van der Waals surface area contributed by atoms with Crippen molar-refractivity contribution in [2.24, 2.45) is 0 Å². The molecule has 4 aromatic heterocycles. The molecule has 2 saturated heterocycles. The molecule has 1 atom stereocenters. The zero-order valence-corrected chi connectivity index (χ0v) is 19.4. The van der Waals surface area contributed by atoms with Gasteiger partial charge in [0.05, 0.1) is 18.3 Å². The molecule has 6 rings (SSSR count). The summed E-state index contributed by atoms with van der Waals surface area (Å²) in [6.07, 6.45) is 11.0. The molecule has 9 heteroatoms. The number of fused-ring (bicyclic) bond motifs is 1. The van der Waals surface area contributed by atoms with Crippen molar-refractivity contribution in [1.82, 2.24) is 29.3 Å². The molecule has 176 valence electrons. The smallest absolute Gasteiger partial charge is 0.290 e. The third kappa shape index (κ3) is 3.85. The Morgan fingerprint density at radius 1 is 1.15 bits per heavy atom. The molecular formula is C25H29N7O2. The van der Waals surface area contributed by atoms with E-state index in [4.69, 9.17) is 14.5 Å². The van der Waals surface area contributed by atoms with Crippen molar-refractivity contribution in [3.63, 3.8) is 0 Å². The standard InChI is InChI=1S/C25H29N7O2/c1-18-16-32-23(27-24(18)29-11-4-5-12-29)15-20(28-32)21-7-2-3-14-31(21)25(33)22-9-8-19(34-22)17-30-13-6-10-26-30/h6,8-10,13,15-16,21H,2-5,7,11-12,14,17H2,1H3. The van der Waals surface area contributed by atoms with E-state index in [1.165, 1.54) is 12.8 Å². The molecule has 2 fully saturated rings. The number of carbonyl (C=O) groups is 1. The minimum Gasteiger partial charge on any atom is -0.454 e. The van der Waals surface area contributed by atoms with Crippen LogP contribution in [0.25, 0.3) is 5.65 Å². The largest absolute Gasteiger partial charge is 0.454 e. The number of aromatic nitrogens is 5. The normalized spacial score (nSPS) is 18.8. The highest BCUT2D eigenvalue weighted by molar-refractivity contribution is 5.92. The summed E-state index contributed by atoms with van der Waals surface area (Å²) in [6.45, 7) is 5.40. The van der Waals surface area contributed by atoms with Crippen molar-refractivity contribution < 1.29 is 9.21 Å². The lowest BCUT2D eigenvalue weighted by Gasteiger charge is -2.34. The van der Waals surface area contributed by atoms with E-state index in [0.717, 1.165) is 55.1 Å². The molecule has 0 spiro atoms. The number of furan rings is 1. The van der Waals surface area contributed by atoms with E-state index in [9.17, 15) is 4.79 Å². The van der Waals surface area contributed by atoms with Gasteiger partial charge in [-0.1, -0.05) is 0 Å². The van der Waals surface area contributed by atoms with E-state index in [1.807, 2.05) is 33.8 Å². The first kappa shape index (κ1) is 20.9. The minimum absolute atomic E-state index is 0.0850. The topological polar surface area (TPSA) is 84.7 Å². The van der Waals surface area contributed by atoms with Gasteiger partial charge in [-0.15, -0.1) is 0 Å². The van der Waals surface area contributed by atoms with Gasteiger partial charge in [0.2, 0.25) is 0 Å². The maximum absolute atomic E-state index is 13.4. The second-order valence-corrected chi connectivity index (χ2v) is 9.29. The first-order valence-electron chi connectivity index (χ1n) is 12.1. The number of rotatable bonds is 5. The molecule has 0 aromatic carbocycles. The van der Waals surface area contributed by atoms with Gasteiger partial charge in [-0.3, -0.25) is 9.48 Å². The summed E-state index contributed by atoms with van der Waals surface area (Å²) in [6, 6.07) is 7.45. The Morgan fingerprint density at radius 3 is 2.82 bits per heavy atom. The quantitative estimate of drug-likeness (QED) is 0.451. The van der Waals surface area contributed by atoms with Crippen molar-refractivity contribution in [2.75, 3.05) is 24.5 Å². The number of hydrogen-bond acceptors (Lipinski definition) is 6. The third-order valence-corrected chi connectivity index (χ3v) is 6.88. The average Bonchev–Trinajstić information content (AvgIpc) is 3.66. The van der Waals surface area contributed by atoms with Crippen LogP contribution in [0.15, 0.2) is 47.3 Å². The van der Waals surface area contributed by atoms with E-state index in [1.54, 1.807) is 16.9 Å². The number of nitrogens with zero attached hydrogens (tertiary/aromatic N) is 7. The van der Waals surface area contributed by atoms with Crippen molar-refractivity contribution in [2.45, 2.75) is 51.6 Å². The molecule has 0 bridgehead atoms. The van der Waals surface area contributed by atoms with E-state index >= 15 is 0 Å². The summed E-state index contributed by atoms with van der Waals surface area (Å²) in [5.74, 6) is 2.04. The lowest BCUT2D eigenvalue weighted by molar-refractivity contribution is 0.0571. The second-order valence-electron chi connectivity index (χ2n) is 9.29. The second kappa shape index (κ2) is 8.62. The molecule has 1 unspecified atom stereocenters. The van der Waals surface area contributed by atoms with Crippen LogP contribution in [0, 0.1) is 6.92 Å². The highest BCUT2D eigenvalue weighted by atomic mass is 16.4. The zero-order chi connectivity index (χ0) is 23.1. The van der Waals surface area contributed by atoms with Crippen LogP contribution in [0.3, 0.4) is 0 Å². The van der Waals surface area contributed by atoms with Crippen LogP contribution in [-0.2, 0) is 6.54 Å². The Morgan fingerprint density at radius 2 is 2.00 bits per heavy atom. The van der Waals surface area contributed by atoms with Gasteiger partial charge in [0.1, 0.15) is 11.6 Å². The number of amides is 1. The number of anilines is 1. The zero-order valence-electron chi connectivity index (χ0n) is 19.4. The molecule has 0 aliphatic carbocycles. The van der Waals surface area contributed by atoms with Gasteiger partial charge in [-0.25, -0.2) is 9.50 Å². The molecular weight excluding hydrogens is 430 g/mol. The summed E-state index contributed by atoms with van der Waals surface area (Å²) < 4.78 is 9.54. The van der Waals surface area contributed by atoms with Gasteiger partial charge < -0.3 is 14.2 Å². The molecule has 2 aliphatic heterocycles. The Bertz CT molecular complexity index is 1300. The summed E-state index contributed by atoms with van der Waals surface area (Å²) in [5.41, 5.74) is 2.85. The van der Waals surface area contributed by atoms with E-state index in [-0.39, 0.29) is 11.9 Å². The molecule has 6 heterocycles. The van der Waals surface area contributed by atoms with Crippen molar-refractivity contribution in [1.29, 1.82) is 0 Å². The fraction of sp³-hybridized carbons (Fsp3) is 0.440. The van der Waals surface area contributed by atoms with Crippen LogP contribution >= 0.6 is 0 Å². The van der Waals surface area contributed by atoms with Crippen LogP contribution in [0.2, 0.25) is 0 Å². The molecule has 0 radical (unpaired) electrons. The van der Waals surface area contributed by atoms with Crippen LogP contribution in [0.1, 0.15) is 65.7 Å². The van der Waals surface area contributed by atoms with Crippen LogP contribution in [0.4, 0.5) is 5.82 Å². The fourth-order valence-corrected chi connectivity index (χ4v) is 5.19. The average molecular weight is 460 g/mol. The van der Waals surface area contributed by atoms with Crippen molar-refractivity contribution >= 4 is 17.4 Å². The third-order valence-electron chi connectivity index (χ3n) is 6.88. The van der Waals surface area contributed by atoms with Gasteiger partial charge in [0.15, 0.2) is 11.4 Å². The maximum atomic E-state index is 13.4. The molecule has 0 N–H and O–H groups in total. The Hall–Kier alpha value is -3.62. The highest BCUT2D eigenvalue weighted by Gasteiger charge is 2.32. The van der Waals surface area contributed by atoms with E-state index < -0.39 is 0 Å². The number of aryl methyl sites for hydroxylation is 1. The van der Waals surface area contributed by atoms with Gasteiger partial charge in [0, 0.05) is 49.9 Å². The Kier molecular flexibility index (Phi) is 5.31. The first-order valence-corrected chi connectivity index (χ1v) is 12.1. The SMILES string of the molecule is Cc1cn2nc(C3CCCCN3C(=O)c3ccc(Cn4cccn4)o3)cc2nc1N1CCCC1. The maximum Gasteiger partial charge on any atom is 0.290 e. The van der Waals surface area contributed by atoms with Gasteiger partial charge in [0.25, 0.3) is 5.91 Å². The van der Waals surface area contributed by atoms with Gasteiger partial charge in [-0.2, -0.15) is 10.2 Å². The summed E-state index contributed by atoms with van der Waals surface area (Å²) in [4.78, 5) is 22.7. The molecule has 1 amide bonds. The molecule has 34 heavy (non-hydrogen) atoms. The van der Waals surface area contributed by atoms with E-state index in [0.29, 0.717) is 24.6 Å².